The highest BCUT2D eigenvalue weighted by atomic mass is 19.4. The summed E-state index contributed by atoms with van der Waals surface area (Å²) in [5.74, 6) is -2.15. The number of benzene rings is 1. The largest absolute Gasteiger partial charge is 0.573 e. The Balaban J connectivity index is 2.23. The van der Waals surface area contributed by atoms with Gasteiger partial charge in [0.05, 0.1) is 18.6 Å². The van der Waals surface area contributed by atoms with Crippen LogP contribution in [0.15, 0.2) is 24.3 Å². The SMILES string of the molecule is COCC(C)(CC(=O)O)NC(=O)c1cc2ccc(OC(F)(F)F)cc2[nH]1. The van der Waals surface area contributed by atoms with Gasteiger partial charge in [-0.1, -0.05) is 0 Å². The molecule has 0 aliphatic carbocycles. The number of aliphatic carboxylic acids is 1. The Morgan fingerprint density at radius 3 is 2.54 bits per heavy atom. The molecule has 1 heterocycles. The van der Waals surface area contributed by atoms with Gasteiger partial charge in [-0.25, -0.2) is 0 Å². The molecule has 1 amide bonds. The Hall–Kier alpha value is -2.75. The number of carboxylic acids is 1. The molecule has 1 aromatic heterocycles. The van der Waals surface area contributed by atoms with Gasteiger partial charge in [0.2, 0.25) is 0 Å². The quantitative estimate of drug-likeness (QED) is 0.692. The average molecular weight is 374 g/mol. The Morgan fingerprint density at radius 1 is 1.27 bits per heavy atom. The van der Waals surface area contributed by atoms with Crippen molar-refractivity contribution >= 4 is 22.8 Å². The van der Waals surface area contributed by atoms with Crippen molar-refractivity contribution < 1.29 is 37.3 Å². The number of hydrogen-bond donors (Lipinski definition) is 3. The lowest BCUT2D eigenvalue weighted by atomic mass is 9.98. The van der Waals surface area contributed by atoms with E-state index in [-0.39, 0.29) is 24.2 Å². The van der Waals surface area contributed by atoms with Crippen LogP contribution in [0.3, 0.4) is 0 Å². The highest BCUT2D eigenvalue weighted by Gasteiger charge is 2.32. The number of ether oxygens (including phenoxy) is 2. The number of alkyl halides is 3. The van der Waals surface area contributed by atoms with Crippen LogP contribution in [0.2, 0.25) is 0 Å². The van der Waals surface area contributed by atoms with Crippen molar-refractivity contribution in [2.24, 2.45) is 0 Å². The molecule has 0 aliphatic heterocycles. The molecule has 0 saturated carbocycles. The molecule has 10 heteroatoms. The summed E-state index contributed by atoms with van der Waals surface area (Å²) in [6.45, 7) is 1.48. The van der Waals surface area contributed by atoms with Crippen LogP contribution in [0, 0.1) is 0 Å². The maximum absolute atomic E-state index is 12.4. The van der Waals surface area contributed by atoms with Gasteiger partial charge in [0.15, 0.2) is 0 Å². The van der Waals surface area contributed by atoms with Crippen LogP contribution in [0.25, 0.3) is 10.9 Å². The fraction of sp³-hybridized carbons (Fsp3) is 0.375. The fourth-order valence-electron chi connectivity index (χ4n) is 2.55. The summed E-state index contributed by atoms with van der Waals surface area (Å²) in [6.07, 6.45) is -5.18. The van der Waals surface area contributed by atoms with E-state index >= 15 is 0 Å². The lowest BCUT2D eigenvalue weighted by Crippen LogP contribution is -2.50. The van der Waals surface area contributed by atoms with Crippen molar-refractivity contribution in [3.05, 3.63) is 30.0 Å². The van der Waals surface area contributed by atoms with Crippen molar-refractivity contribution in [3.8, 4) is 5.75 Å². The molecule has 0 radical (unpaired) electrons. The van der Waals surface area contributed by atoms with E-state index in [0.29, 0.717) is 5.39 Å². The number of carbonyl (C=O) groups excluding carboxylic acids is 1. The number of carboxylic acid groups (broad SMARTS) is 1. The number of halogens is 3. The average Bonchev–Trinajstić information content (AvgIpc) is 2.87. The summed E-state index contributed by atoms with van der Waals surface area (Å²) >= 11 is 0. The van der Waals surface area contributed by atoms with Gasteiger partial charge in [-0.3, -0.25) is 9.59 Å². The van der Waals surface area contributed by atoms with Crippen molar-refractivity contribution in [1.29, 1.82) is 0 Å². The molecule has 1 unspecified atom stereocenters. The first-order valence-electron chi connectivity index (χ1n) is 7.43. The molecule has 7 nitrogen and oxygen atoms in total. The van der Waals surface area contributed by atoms with Crippen molar-refractivity contribution in [2.45, 2.75) is 25.2 Å². The molecule has 1 atom stereocenters. The molecular weight excluding hydrogens is 357 g/mol. The van der Waals surface area contributed by atoms with E-state index in [0.717, 1.165) is 12.1 Å². The molecule has 0 bridgehead atoms. The van der Waals surface area contributed by atoms with E-state index in [1.54, 1.807) is 0 Å². The number of aromatic nitrogens is 1. The molecular formula is C16H17F3N2O5. The number of carbonyl (C=O) groups is 2. The normalized spacial score (nSPS) is 14.0. The summed E-state index contributed by atoms with van der Waals surface area (Å²) in [7, 11) is 1.37. The van der Waals surface area contributed by atoms with Gasteiger partial charge >= 0.3 is 12.3 Å². The Bertz CT molecular complexity index is 818. The predicted molar refractivity (Wildman–Crippen MR) is 85.0 cm³/mol. The Kier molecular flexibility index (Phi) is 5.45. The molecule has 0 spiro atoms. The topological polar surface area (TPSA) is 101 Å². The zero-order valence-corrected chi connectivity index (χ0v) is 13.9. The van der Waals surface area contributed by atoms with E-state index in [1.165, 1.54) is 26.2 Å². The molecule has 0 saturated heterocycles. The predicted octanol–water partition coefficient (Wildman–Crippen LogP) is 2.68. The smallest absolute Gasteiger partial charge is 0.481 e. The number of hydrogen-bond acceptors (Lipinski definition) is 4. The van der Waals surface area contributed by atoms with Crippen LogP contribution >= 0.6 is 0 Å². The number of amides is 1. The maximum atomic E-state index is 12.4. The number of H-pyrrole nitrogens is 1. The third kappa shape index (κ3) is 5.12. The van der Waals surface area contributed by atoms with E-state index in [2.05, 4.69) is 15.0 Å². The zero-order valence-electron chi connectivity index (χ0n) is 13.9. The van der Waals surface area contributed by atoms with Crippen LogP contribution in [0.1, 0.15) is 23.8 Å². The molecule has 3 N–H and O–H groups in total. The standard InChI is InChI=1S/C16H17F3N2O5/c1-15(8-25-2,7-13(22)23)21-14(24)12-5-9-3-4-10(6-11(9)20-12)26-16(17,18)19/h3-6,20H,7-8H2,1-2H3,(H,21,24)(H,22,23). The third-order valence-electron chi connectivity index (χ3n) is 3.49. The number of rotatable bonds is 7. The van der Waals surface area contributed by atoms with Crippen molar-refractivity contribution in [1.82, 2.24) is 10.3 Å². The van der Waals surface area contributed by atoms with Crippen LogP contribution in [0.4, 0.5) is 13.2 Å². The van der Waals surface area contributed by atoms with Crippen molar-refractivity contribution in [3.63, 3.8) is 0 Å². The first-order valence-corrected chi connectivity index (χ1v) is 7.43. The summed E-state index contributed by atoms with van der Waals surface area (Å²) in [4.78, 5) is 26.1. The second kappa shape index (κ2) is 7.24. The molecule has 142 valence electrons. The van der Waals surface area contributed by atoms with Gasteiger partial charge in [-0.2, -0.15) is 0 Å². The second-order valence-electron chi connectivity index (χ2n) is 6.00. The minimum absolute atomic E-state index is 0.0329. The van der Waals surface area contributed by atoms with Gasteiger partial charge < -0.3 is 24.9 Å². The maximum Gasteiger partial charge on any atom is 0.573 e. The Labute approximate surface area is 146 Å². The van der Waals surface area contributed by atoms with Crippen LogP contribution in [-0.4, -0.2) is 47.6 Å². The van der Waals surface area contributed by atoms with Crippen LogP contribution < -0.4 is 10.1 Å². The van der Waals surface area contributed by atoms with Gasteiger partial charge in [0.25, 0.3) is 5.91 Å². The molecule has 1 aromatic carbocycles. The van der Waals surface area contributed by atoms with E-state index in [1.807, 2.05) is 0 Å². The van der Waals surface area contributed by atoms with Gasteiger partial charge in [-0.05, 0) is 25.1 Å². The Morgan fingerprint density at radius 2 is 1.96 bits per heavy atom. The fourth-order valence-corrected chi connectivity index (χ4v) is 2.55. The van der Waals surface area contributed by atoms with Crippen LogP contribution in [0.5, 0.6) is 5.75 Å². The summed E-state index contributed by atoms with van der Waals surface area (Å²) < 4.78 is 45.6. The summed E-state index contributed by atoms with van der Waals surface area (Å²) in [6, 6.07) is 5.06. The van der Waals surface area contributed by atoms with Gasteiger partial charge in [0, 0.05) is 24.1 Å². The van der Waals surface area contributed by atoms with Crippen molar-refractivity contribution in [2.75, 3.05) is 13.7 Å². The first-order chi connectivity index (χ1) is 12.0. The van der Waals surface area contributed by atoms with E-state index in [4.69, 9.17) is 9.84 Å². The number of fused-ring (bicyclic) bond motifs is 1. The highest BCUT2D eigenvalue weighted by molar-refractivity contribution is 5.98. The van der Waals surface area contributed by atoms with Gasteiger partial charge in [0.1, 0.15) is 11.4 Å². The minimum Gasteiger partial charge on any atom is -0.481 e. The minimum atomic E-state index is -4.82. The molecule has 2 aromatic rings. The monoisotopic (exact) mass is 374 g/mol. The third-order valence-corrected chi connectivity index (χ3v) is 3.49. The molecule has 0 fully saturated rings. The lowest BCUT2D eigenvalue weighted by Gasteiger charge is -2.28. The first kappa shape index (κ1) is 19.6. The van der Waals surface area contributed by atoms with Crippen LogP contribution in [-0.2, 0) is 9.53 Å². The molecule has 2 rings (SSSR count). The number of methoxy groups -OCH3 is 1. The molecule has 26 heavy (non-hydrogen) atoms. The summed E-state index contributed by atoms with van der Waals surface area (Å²) in [5, 5.41) is 12.0. The van der Waals surface area contributed by atoms with E-state index < -0.39 is 29.5 Å². The number of aromatic amines is 1. The molecule has 0 aliphatic rings. The zero-order chi connectivity index (χ0) is 19.5. The van der Waals surface area contributed by atoms with Gasteiger partial charge in [-0.15, -0.1) is 13.2 Å². The lowest BCUT2D eigenvalue weighted by molar-refractivity contribution is -0.274. The second-order valence-corrected chi connectivity index (χ2v) is 6.00. The highest BCUT2D eigenvalue weighted by Crippen LogP contribution is 2.27. The number of nitrogens with one attached hydrogen (secondary N) is 2. The van der Waals surface area contributed by atoms with E-state index in [9.17, 15) is 22.8 Å². The summed E-state index contributed by atoms with van der Waals surface area (Å²) in [5.41, 5.74) is -0.820.